The first-order chi connectivity index (χ1) is 16.3. The van der Waals surface area contributed by atoms with E-state index in [0.717, 1.165) is 40.0 Å². The van der Waals surface area contributed by atoms with Crippen LogP contribution in [-0.2, 0) is 22.6 Å². The van der Waals surface area contributed by atoms with Crippen molar-refractivity contribution in [2.24, 2.45) is 0 Å². The molecular weight excluding hydrogens is 428 g/mol. The normalized spacial score (nSPS) is 21.0. The highest BCUT2D eigenvalue weighted by molar-refractivity contribution is 6.46. The van der Waals surface area contributed by atoms with Crippen LogP contribution in [0.1, 0.15) is 46.3 Å². The first-order valence-electron chi connectivity index (χ1n) is 11.4. The number of fused-ring (bicyclic) bond motifs is 1. The molecule has 2 atom stereocenters. The number of benzene rings is 2. The van der Waals surface area contributed by atoms with Crippen molar-refractivity contribution < 1.29 is 19.4 Å². The maximum atomic E-state index is 13.3. The third-order valence-electron chi connectivity index (χ3n) is 6.58. The number of aliphatic hydroxyl groups is 1. The molecule has 0 saturated carbocycles. The molecule has 3 aromatic rings. The van der Waals surface area contributed by atoms with Crippen LogP contribution in [0, 0.1) is 13.8 Å². The average Bonchev–Trinajstić information content (AvgIpc) is 3.32. The molecule has 2 unspecified atom stereocenters. The number of amides is 1. The third-order valence-corrected chi connectivity index (χ3v) is 6.58. The van der Waals surface area contributed by atoms with Crippen molar-refractivity contribution in [3.8, 4) is 5.75 Å². The van der Waals surface area contributed by atoms with Gasteiger partial charge in [0, 0.05) is 30.9 Å². The molecule has 1 saturated heterocycles. The molecule has 6 nitrogen and oxygen atoms in total. The summed E-state index contributed by atoms with van der Waals surface area (Å²) in [5, 5.41) is 11.3. The van der Waals surface area contributed by atoms with Crippen molar-refractivity contribution in [1.82, 2.24) is 9.88 Å². The smallest absolute Gasteiger partial charge is 0.295 e. The fraction of sp³-hybridized carbons (Fsp3) is 0.250. The molecule has 0 radical (unpaired) electrons. The Bertz CT molecular complexity index is 1330. The van der Waals surface area contributed by atoms with Gasteiger partial charge in [-0.2, -0.15) is 0 Å². The largest absolute Gasteiger partial charge is 0.507 e. The van der Waals surface area contributed by atoms with Gasteiger partial charge >= 0.3 is 0 Å². The number of hydrogen-bond acceptors (Lipinski definition) is 5. The molecule has 1 aromatic heterocycles. The van der Waals surface area contributed by atoms with Gasteiger partial charge in [0.2, 0.25) is 0 Å². The summed E-state index contributed by atoms with van der Waals surface area (Å²) in [6, 6.07) is 14.3. The van der Waals surface area contributed by atoms with Crippen LogP contribution in [0.4, 0.5) is 0 Å². The number of carbonyl (C=O) groups excluding carboxylic acids is 2. The quantitative estimate of drug-likeness (QED) is 0.353. The number of carbonyl (C=O) groups is 2. The molecule has 0 bridgehead atoms. The first-order valence-corrected chi connectivity index (χ1v) is 11.4. The van der Waals surface area contributed by atoms with Crippen molar-refractivity contribution in [2.45, 2.75) is 45.9 Å². The Morgan fingerprint density at radius 3 is 2.62 bits per heavy atom. The molecule has 6 heteroatoms. The van der Waals surface area contributed by atoms with Gasteiger partial charge in [-0.3, -0.25) is 14.6 Å². The van der Waals surface area contributed by atoms with Crippen LogP contribution in [-0.4, -0.2) is 32.8 Å². The number of aromatic nitrogens is 1. The number of pyridine rings is 1. The van der Waals surface area contributed by atoms with Crippen molar-refractivity contribution in [3.05, 3.63) is 99.9 Å². The first kappa shape index (κ1) is 21.9. The van der Waals surface area contributed by atoms with Gasteiger partial charge < -0.3 is 14.7 Å². The van der Waals surface area contributed by atoms with E-state index in [9.17, 15) is 14.7 Å². The zero-order valence-electron chi connectivity index (χ0n) is 19.4. The zero-order chi connectivity index (χ0) is 24.0. The summed E-state index contributed by atoms with van der Waals surface area (Å²) in [6.45, 7) is 6.23. The molecular formula is C28H26N2O4. The second-order valence-corrected chi connectivity index (χ2v) is 9.09. The summed E-state index contributed by atoms with van der Waals surface area (Å²) in [5.41, 5.74) is 5.36. The molecule has 0 aliphatic carbocycles. The van der Waals surface area contributed by atoms with Crippen LogP contribution in [0.3, 0.4) is 0 Å². The Labute approximate surface area is 198 Å². The van der Waals surface area contributed by atoms with E-state index in [-0.39, 0.29) is 24.0 Å². The maximum Gasteiger partial charge on any atom is 0.295 e. The predicted molar refractivity (Wildman–Crippen MR) is 128 cm³/mol. The summed E-state index contributed by atoms with van der Waals surface area (Å²) in [6.07, 6.45) is 4.04. The van der Waals surface area contributed by atoms with Gasteiger partial charge in [-0.15, -0.1) is 0 Å². The summed E-state index contributed by atoms with van der Waals surface area (Å²) >= 11 is 0. The fourth-order valence-electron chi connectivity index (χ4n) is 4.81. The Morgan fingerprint density at radius 1 is 1.09 bits per heavy atom. The molecule has 1 fully saturated rings. The molecule has 0 spiro atoms. The maximum absolute atomic E-state index is 13.3. The number of ketones is 1. The van der Waals surface area contributed by atoms with Crippen LogP contribution < -0.4 is 4.74 Å². The van der Waals surface area contributed by atoms with Crippen LogP contribution in [0.2, 0.25) is 0 Å². The number of aryl methyl sites for hydroxylation is 2. The van der Waals surface area contributed by atoms with E-state index < -0.39 is 17.7 Å². The molecule has 34 heavy (non-hydrogen) atoms. The van der Waals surface area contributed by atoms with Gasteiger partial charge in [0.25, 0.3) is 11.7 Å². The Morgan fingerprint density at radius 2 is 1.85 bits per heavy atom. The monoisotopic (exact) mass is 454 g/mol. The highest BCUT2D eigenvalue weighted by Crippen LogP contribution is 2.41. The Hall–Kier alpha value is -3.93. The van der Waals surface area contributed by atoms with E-state index in [1.165, 1.54) is 0 Å². The standard InChI is InChI=1S/C28H26N2O4/c1-16-4-5-17(2)22(12-16)15-30-25(19-8-10-29-11-9-19)24(27(32)28(30)33)26(31)20-6-7-23-21(14-20)13-18(3)34-23/h4-12,14,18,25,31H,13,15H2,1-3H3/b26-24-. The predicted octanol–water partition coefficient (Wildman–Crippen LogP) is 4.64. The van der Waals surface area contributed by atoms with Gasteiger partial charge in [-0.05, 0) is 73.4 Å². The highest BCUT2D eigenvalue weighted by Gasteiger charge is 2.46. The van der Waals surface area contributed by atoms with Crippen molar-refractivity contribution >= 4 is 17.4 Å². The lowest BCUT2D eigenvalue weighted by Crippen LogP contribution is -2.29. The lowest BCUT2D eigenvalue weighted by Gasteiger charge is -2.26. The SMILES string of the molecule is Cc1ccc(C)c(CN2C(=O)C(=O)/C(=C(\O)c3ccc4c(c3)CC(C)O4)C2c2ccncc2)c1. The van der Waals surface area contributed by atoms with E-state index in [2.05, 4.69) is 4.98 Å². The van der Waals surface area contributed by atoms with Gasteiger partial charge in [0.15, 0.2) is 0 Å². The van der Waals surface area contributed by atoms with Crippen molar-refractivity contribution in [1.29, 1.82) is 0 Å². The average molecular weight is 455 g/mol. The lowest BCUT2D eigenvalue weighted by molar-refractivity contribution is -0.140. The van der Waals surface area contributed by atoms with E-state index >= 15 is 0 Å². The van der Waals surface area contributed by atoms with E-state index in [0.29, 0.717) is 5.56 Å². The van der Waals surface area contributed by atoms with Gasteiger partial charge in [0.1, 0.15) is 17.6 Å². The molecule has 1 amide bonds. The van der Waals surface area contributed by atoms with E-state index in [1.54, 1.807) is 35.5 Å². The Kier molecular flexibility index (Phi) is 5.44. The topological polar surface area (TPSA) is 79.7 Å². The number of rotatable bonds is 4. The highest BCUT2D eigenvalue weighted by atomic mass is 16.5. The lowest BCUT2D eigenvalue weighted by atomic mass is 9.94. The Balaban J connectivity index is 1.63. The number of nitrogens with zero attached hydrogens (tertiary/aromatic N) is 2. The van der Waals surface area contributed by atoms with Crippen LogP contribution in [0.5, 0.6) is 5.75 Å². The van der Waals surface area contributed by atoms with Crippen LogP contribution in [0.25, 0.3) is 5.76 Å². The fourth-order valence-corrected chi connectivity index (χ4v) is 4.81. The minimum atomic E-state index is -0.716. The summed E-state index contributed by atoms with van der Waals surface area (Å²) in [5.74, 6) is -0.701. The van der Waals surface area contributed by atoms with Crippen molar-refractivity contribution in [3.63, 3.8) is 0 Å². The summed E-state index contributed by atoms with van der Waals surface area (Å²) in [4.78, 5) is 32.2. The number of hydrogen-bond donors (Lipinski definition) is 1. The van der Waals surface area contributed by atoms with Crippen molar-refractivity contribution in [2.75, 3.05) is 0 Å². The van der Waals surface area contributed by atoms with Gasteiger partial charge in [-0.1, -0.05) is 23.8 Å². The number of aliphatic hydroxyl groups excluding tert-OH is 1. The minimum Gasteiger partial charge on any atom is -0.507 e. The molecule has 2 aromatic carbocycles. The van der Waals surface area contributed by atoms with Crippen LogP contribution >= 0.6 is 0 Å². The third kappa shape index (κ3) is 3.75. The van der Waals surface area contributed by atoms with Gasteiger partial charge in [0.05, 0.1) is 11.6 Å². The molecule has 3 heterocycles. The number of ether oxygens (including phenoxy) is 1. The summed E-state index contributed by atoms with van der Waals surface area (Å²) in [7, 11) is 0. The second-order valence-electron chi connectivity index (χ2n) is 9.09. The molecule has 2 aliphatic heterocycles. The van der Waals surface area contributed by atoms with E-state index in [1.807, 2.05) is 51.1 Å². The second kappa shape index (κ2) is 8.45. The zero-order valence-corrected chi connectivity index (χ0v) is 19.4. The molecule has 172 valence electrons. The van der Waals surface area contributed by atoms with Crippen LogP contribution in [0.15, 0.2) is 66.5 Å². The summed E-state index contributed by atoms with van der Waals surface area (Å²) < 4.78 is 5.77. The van der Waals surface area contributed by atoms with Gasteiger partial charge in [-0.25, -0.2) is 0 Å². The minimum absolute atomic E-state index is 0.0624. The molecule has 2 aliphatic rings. The number of likely N-dealkylation sites (tertiary alicyclic amines) is 1. The molecule has 5 rings (SSSR count). The number of Topliss-reactive ketones (excluding diaryl/α,β-unsaturated/α-hetero) is 1. The molecule has 1 N–H and O–H groups in total. The van der Waals surface area contributed by atoms with E-state index in [4.69, 9.17) is 4.74 Å².